The molecular weight excluding hydrogens is 306 g/mol. The molecule has 2 aromatic carbocycles. The summed E-state index contributed by atoms with van der Waals surface area (Å²) in [6.07, 6.45) is 4.33. The lowest BCUT2D eigenvalue weighted by Crippen LogP contribution is -2.58. The lowest BCUT2D eigenvalue weighted by Gasteiger charge is -2.03. The van der Waals surface area contributed by atoms with Crippen LogP contribution in [0.4, 0.5) is 0 Å². The van der Waals surface area contributed by atoms with Crippen molar-refractivity contribution in [2.75, 3.05) is 0 Å². The van der Waals surface area contributed by atoms with Crippen LogP contribution in [0.3, 0.4) is 0 Å². The lowest BCUT2D eigenvalue weighted by molar-refractivity contribution is -1.92. The van der Waals surface area contributed by atoms with Crippen LogP contribution in [0.5, 0.6) is 0 Å². The summed E-state index contributed by atoms with van der Waals surface area (Å²) >= 11 is 0. The number of aromatic nitrogens is 1. The second-order valence-electron chi connectivity index (χ2n) is 4.63. The smallest absolute Gasteiger partial charge is 0.176 e. The highest BCUT2D eigenvalue weighted by atomic mass is 35.7. The number of benzene rings is 2. The van der Waals surface area contributed by atoms with Crippen molar-refractivity contribution < 1.29 is 33.4 Å². The predicted molar refractivity (Wildman–Crippen MR) is 71.9 cm³/mol. The van der Waals surface area contributed by atoms with E-state index in [-0.39, 0.29) is 0 Å². The van der Waals surface area contributed by atoms with Crippen molar-refractivity contribution in [2.24, 2.45) is 0 Å². The molecule has 0 bridgehead atoms. The number of rotatable bonds is 2. The van der Waals surface area contributed by atoms with Crippen LogP contribution in [0, 0.1) is 10.2 Å². The molecule has 3 aromatic rings. The van der Waals surface area contributed by atoms with Gasteiger partial charge in [-0.2, -0.15) is 14.0 Å². The molecule has 3 rings (SSSR count). The largest absolute Gasteiger partial charge is 0.200 e. The van der Waals surface area contributed by atoms with E-state index in [4.69, 9.17) is 18.6 Å². The molecule has 0 aliphatic rings. The minimum Gasteiger partial charge on any atom is -0.200 e. The zero-order chi connectivity index (χ0) is 16.0. The summed E-state index contributed by atoms with van der Waals surface area (Å²) in [5.74, 6) is 0. The van der Waals surface area contributed by atoms with Gasteiger partial charge < -0.3 is 0 Å². The third-order valence-electron chi connectivity index (χ3n) is 2.95. The summed E-state index contributed by atoms with van der Waals surface area (Å²) in [7, 11) is -4.69. The first-order valence-corrected chi connectivity index (χ1v) is 7.73. The molecule has 0 unspecified atom stereocenters. The van der Waals surface area contributed by atoms with E-state index >= 15 is 0 Å². The topological polar surface area (TPSA) is 93.3 Å². The Balaban J connectivity index is 0.000000309. The molecule has 22 heavy (non-hydrogen) atoms. The summed E-state index contributed by atoms with van der Waals surface area (Å²) in [5, 5.41) is 2.57. The van der Waals surface area contributed by atoms with Crippen LogP contribution < -0.4 is 18.5 Å². The minimum atomic E-state index is -4.69. The summed E-state index contributed by atoms with van der Waals surface area (Å²) in [5.41, 5.74) is 1.33. The monoisotopic (exact) mass is 320 g/mol. The van der Waals surface area contributed by atoms with Crippen molar-refractivity contribution in [1.82, 2.24) is 0 Å². The summed E-state index contributed by atoms with van der Waals surface area (Å²) < 4.78 is 34.9. The number of halogens is 1. The molecule has 0 fully saturated rings. The molecule has 0 aliphatic carbocycles. The first kappa shape index (κ1) is 16.4. The minimum absolute atomic E-state index is 0.922. The van der Waals surface area contributed by atoms with E-state index < -0.39 is 10.2 Å². The Kier molecular flexibility index (Phi) is 5.43. The van der Waals surface area contributed by atoms with Crippen LogP contribution in [-0.4, -0.2) is 4.66 Å². The fraction of sp³-hybridized carbons (Fsp3) is 0.0625. The average molecular weight is 321 g/mol. The Morgan fingerprint density at radius 2 is 1.36 bits per heavy atom. The molecular formula is C16H15ClNO4+. The molecule has 0 amide bonds. The van der Waals surface area contributed by atoms with Gasteiger partial charge in [0.05, 0.1) is 14.9 Å². The second kappa shape index (κ2) is 7.31. The van der Waals surface area contributed by atoms with Crippen LogP contribution >= 0.6 is 0 Å². The highest BCUT2D eigenvalue weighted by Crippen LogP contribution is 2.10. The van der Waals surface area contributed by atoms with Crippen molar-refractivity contribution in [3.8, 4) is 0 Å². The quantitative estimate of drug-likeness (QED) is 0.616. The Hall–Kier alpha value is -2.02. The van der Waals surface area contributed by atoms with Gasteiger partial charge in [-0.1, -0.05) is 48.5 Å². The average Bonchev–Trinajstić information content (AvgIpc) is 2.46. The summed E-state index contributed by atoms with van der Waals surface area (Å²) in [6, 6.07) is 21.1. The molecule has 0 spiro atoms. The van der Waals surface area contributed by atoms with E-state index in [0.717, 1.165) is 6.54 Å². The molecule has 0 saturated carbocycles. The van der Waals surface area contributed by atoms with E-state index in [1.54, 1.807) is 0 Å². The first-order valence-electron chi connectivity index (χ1n) is 6.47. The van der Waals surface area contributed by atoms with Gasteiger partial charge in [-0.05, 0) is 11.5 Å². The fourth-order valence-corrected chi connectivity index (χ4v) is 2.07. The van der Waals surface area contributed by atoms with Gasteiger partial charge in [-0.3, -0.25) is 0 Å². The van der Waals surface area contributed by atoms with Crippen molar-refractivity contribution in [1.29, 1.82) is 0 Å². The van der Waals surface area contributed by atoms with Gasteiger partial charge >= 0.3 is 0 Å². The molecule has 0 aliphatic heterocycles. The van der Waals surface area contributed by atoms with Crippen molar-refractivity contribution in [3.63, 3.8) is 0 Å². The molecule has 0 saturated heterocycles. The highest BCUT2D eigenvalue weighted by Gasteiger charge is 2.03. The van der Waals surface area contributed by atoms with Gasteiger partial charge in [0.15, 0.2) is 18.9 Å². The van der Waals surface area contributed by atoms with Gasteiger partial charge in [-0.15, -0.1) is 0 Å². The predicted octanol–water partition coefficient (Wildman–Crippen LogP) is -0.948. The Morgan fingerprint density at radius 3 is 2.00 bits per heavy atom. The molecule has 6 heteroatoms. The highest BCUT2D eigenvalue weighted by molar-refractivity contribution is 5.80. The lowest BCUT2D eigenvalue weighted by atomic mass is 10.1. The van der Waals surface area contributed by atoms with Gasteiger partial charge in [-0.25, -0.2) is 4.57 Å². The van der Waals surface area contributed by atoms with Crippen LogP contribution in [0.1, 0.15) is 5.56 Å². The van der Waals surface area contributed by atoms with Gasteiger partial charge in [0.1, 0.15) is 0 Å². The van der Waals surface area contributed by atoms with Gasteiger partial charge in [0.2, 0.25) is 0 Å². The molecule has 0 radical (unpaired) electrons. The maximum atomic E-state index is 8.60. The van der Waals surface area contributed by atoms with Gasteiger partial charge in [0.25, 0.3) is 0 Å². The van der Waals surface area contributed by atoms with Gasteiger partial charge in [0, 0.05) is 17.0 Å². The number of hydrogen-bond donors (Lipinski definition) is 1. The number of pyridine rings is 1. The Bertz CT molecular complexity index is 723. The third-order valence-corrected chi connectivity index (χ3v) is 2.95. The SMILES string of the molecule is [O-][Cl+3]([O-])([O-])O.c1ccc(C[n+]2ccc3ccccc3c2)cc1. The van der Waals surface area contributed by atoms with Crippen LogP contribution in [0.25, 0.3) is 10.8 Å². The zero-order valence-electron chi connectivity index (χ0n) is 11.6. The van der Waals surface area contributed by atoms with E-state index in [1.807, 2.05) is 0 Å². The Labute approximate surface area is 130 Å². The second-order valence-corrected chi connectivity index (χ2v) is 5.42. The first-order chi connectivity index (χ1) is 10.4. The molecule has 1 aromatic heterocycles. The van der Waals surface area contributed by atoms with Crippen LogP contribution in [0.15, 0.2) is 73.1 Å². The van der Waals surface area contributed by atoms with E-state index in [0.29, 0.717) is 0 Å². The van der Waals surface area contributed by atoms with E-state index in [1.165, 1.54) is 16.3 Å². The molecule has 1 heterocycles. The van der Waals surface area contributed by atoms with E-state index in [9.17, 15) is 0 Å². The van der Waals surface area contributed by atoms with Crippen molar-refractivity contribution in [2.45, 2.75) is 6.54 Å². The number of nitrogens with zero attached hydrogens (tertiary/aromatic N) is 1. The number of fused-ring (bicyclic) bond motifs is 1. The molecule has 0 atom stereocenters. The number of hydrogen-bond acceptors (Lipinski definition) is 4. The summed E-state index contributed by atoms with van der Waals surface area (Å²) in [6.45, 7) is 0.922. The van der Waals surface area contributed by atoms with Crippen LogP contribution in [0.2, 0.25) is 0 Å². The molecule has 1 N–H and O–H groups in total. The fourth-order valence-electron chi connectivity index (χ4n) is 2.07. The van der Waals surface area contributed by atoms with Crippen molar-refractivity contribution in [3.05, 3.63) is 78.6 Å². The van der Waals surface area contributed by atoms with E-state index in [2.05, 4.69) is 77.6 Å². The zero-order valence-corrected chi connectivity index (χ0v) is 12.4. The van der Waals surface area contributed by atoms with Crippen LogP contribution in [-0.2, 0) is 6.54 Å². The molecule has 5 nitrogen and oxygen atoms in total. The normalized spacial score (nSPS) is 10.9. The standard InChI is InChI=1S/C16H14N.ClHO4/c1-2-6-14(7-3-1)12-17-11-10-15-8-4-5-9-16(15)13-17;2-1(3,4)5/h1-11,13H,12H2;(H,2,3,4,5)/q+1;. The third kappa shape index (κ3) is 5.77. The Morgan fingerprint density at radius 1 is 0.818 bits per heavy atom. The maximum absolute atomic E-state index is 8.60. The summed E-state index contributed by atoms with van der Waals surface area (Å²) in [4.78, 5) is 0. The van der Waals surface area contributed by atoms with Crippen molar-refractivity contribution >= 4 is 10.8 Å². The maximum Gasteiger partial charge on any atom is 0.176 e. The molecule has 114 valence electrons.